The second-order valence-corrected chi connectivity index (χ2v) is 8.38. The van der Waals surface area contributed by atoms with Gasteiger partial charge in [-0.2, -0.15) is 0 Å². The zero-order valence-corrected chi connectivity index (χ0v) is 14.9. The van der Waals surface area contributed by atoms with Gasteiger partial charge in [-0.15, -0.1) is 0 Å². The lowest BCUT2D eigenvalue weighted by Crippen LogP contribution is -2.35. The molecule has 2 aromatic rings. The van der Waals surface area contributed by atoms with Crippen LogP contribution < -0.4 is 0 Å². The molecule has 1 aliphatic heterocycles. The van der Waals surface area contributed by atoms with Crippen LogP contribution in [-0.4, -0.2) is 32.3 Å². The average molecular weight is 379 g/mol. The van der Waals surface area contributed by atoms with Gasteiger partial charge in [0.25, 0.3) is 5.91 Å². The van der Waals surface area contributed by atoms with Gasteiger partial charge in [0.1, 0.15) is 0 Å². The minimum atomic E-state index is -3.85. The topological polar surface area (TPSA) is 54.5 Å². The van der Waals surface area contributed by atoms with Gasteiger partial charge in [0.2, 0.25) is 0 Å². The molecule has 138 valence electrons. The molecule has 1 amide bonds. The summed E-state index contributed by atoms with van der Waals surface area (Å²) < 4.78 is 51.3. The Morgan fingerprint density at radius 3 is 2.38 bits per heavy atom. The van der Waals surface area contributed by atoms with E-state index in [0.29, 0.717) is 30.3 Å². The van der Waals surface area contributed by atoms with E-state index in [1.54, 1.807) is 29.2 Å². The zero-order valence-electron chi connectivity index (χ0n) is 14.1. The Labute approximate surface area is 151 Å². The molecule has 7 heteroatoms. The quantitative estimate of drug-likeness (QED) is 0.764. The molecule has 1 heterocycles. The van der Waals surface area contributed by atoms with E-state index in [2.05, 4.69) is 0 Å². The van der Waals surface area contributed by atoms with Crippen molar-refractivity contribution in [3.05, 3.63) is 65.2 Å². The Hall–Kier alpha value is -2.28. The van der Waals surface area contributed by atoms with Gasteiger partial charge in [0.05, 0.1) is 10.6 Å². The lowest BCUT2D eigenvalue weighted by atomic mass is 10.1. The van der Waals surface area contributed by atoms with Crippen molar-refractivity contribution in [2.45, 2.75) is 29.9 Å². The number of carbonyl (C=O) groups is 1. The summed E-state index contributed by atoms with van der Waals surface area (Å²) >= 11 is 0. The van der Waals surface area contributed by atoms with Crippen LogP contribution >= 0.6 is 0 Å². The highest BCUT2D eigenvalue weighted by Gasteiger charge is 2.21. The molecule has 2 aromatic carbocycles. The molecular formula is C19H19F2NO3S. The fourth-order valence-corrected chi connectivity index (χ4v) is 4.39. The van der Waals surface area contributed by atoms with E-state index in [0.717, 1.165) is 31.4 Å². The normalized spacial score (nSPS) is 15.1. The van der Waals surface area contributed by atoms with E-state index >= 15 is 0 Å². The number of sulfone groups is 1. The van der Waals surface area contributed by atoms with Gasteiger partial charge in [-0.25, -0.2) is 17.2 Å². The maximum absolute atomic E-state index is 13.3. The van der Waals surface area contributed by atoms with Crippen molar-refractivity contribution in [2.75, 3.05) is 13.1 Å². The highest BCUT2D eigenvalue weighted by atomic mass is 32.2. The molecule has 1 saturated heterocycles. The van der Waals surface area contributed by atoms with Gasteiger partial charge >= 0.3 is 0 Å². The molecule has 0 aliphatic carbocycles. The molecule has 0 atom stereocenters. The van der Waals surface area contributed by atoms with Gasteiger partial charge < -0.3 is 4.90 Å². The van der Waals surface area contributed by atoms with Crippen LogP contribution in [0.3, 0.4) is 0 Å². The van der Waals surface area contributed by atoms with E-state index < -0.39 is 21.5 Å². The van der Waals surface area contributed by atoms with Crippen LogP contribution in [-0.2, 0) is 15.6 Å². The monoisotopic (exact) mass is 379 g/mol. The van der Waals surface area contributed by atoms with Gasteiger partial charge in [-0.1, -0.05) is 12.1 Å². The van der Waals surface area contributed by atoms with E-state index in [1.807, 2.05) is 0 Å². The number of piperidine rings is 1. The van der Waals surface area contributed by atoms with Crippen LogP contribution in [0.15, 0.2) is 47.4 Å². The first-order valence-corrected chi connectivity index (χ1v) is 10.1. The SMILES string of the molecule is O=C(c1cccc(CS(=O)(=O)c2ccc(F)c(F)c2)c1)N1CCCCC1. The van der Waals surface area contributed by atoms with E-state index in [-0.39, 0.29) is 16.6 Å². The van der Waals surface area contributed by atoms with Crippen LogP contribution in [0.25, 0.3) is 0 Å². The molecule has 4 nitrogen and oxygen atoms in total. The fraction of sp³-hybridized carbons (Fsp3) is 0.316. The van der Waals surface area contributed by atoms with Crippen molar-refractivity contribution < 1.29 is 22.0 Å². The smallest absolute Gasteiger partial charge is 0.253 e. The molecule has 26 heavy (non-hydrogen) atoms. The number of amides is 1. The van der Waals surface area contributed by atoms with Crippen molar-refractivity contribution in [3.63, 3.8) is 0 Å². The number of benzene rings is 2. The van der Waals surface area contributed by atoms with Crippen molar-refractivity contribution in [3.8, 4) is 0 Å². The standard InChI is InChI=1S/C19H19F2NO3S/c20-17-8-7-16(12-18(17)21)26(24,25)13-14-5-4-6-15(11-14)19(23)22-9-2-1-3-10-22/h4-8,11-12H,1-3,9-10,13H2. The molecule has 0 bridgehead atoms. The summed E-state index contributed by atoms with van der Waals surface area (Å²) in [6, 6.07) is 8.94. The summed E-state index contributed by atoms with van der Waals surface area (Å²) in [5, 5.41) is 0. The minimum absolute atomic E-state index is 0.114. The third-order valence-electron chi connectivity index (χ3n) is 4.42. The molecule has 0 radical (unpaired) electrons. The summed E-state index contributed by atoms with van der Waals surface area (Å²) in [5.74, 6) is -2.81. The molecule has 0 saturated carbocycles. The third kappa shape index (κ3) is 4.09. The minimum Gasteiger partial charge on any atom is -0.339 e. The Bertz CT molecular complexity index is 922. The summed E-state index contributed by atoms with van der Waals surface area (Å²) in [6.45, 7) is 1.41. The molecule has 1 aliphatic rings. The molecule has 0 aromatic heterocycles. The largest absolute Gasteiger partial charge is 0.339 e. The third-order valence-corrected chi connectivity index (χ3v) is 6.11. The molecule has 0 unspecified atom stereocenters. The summed E-state index contributed by atoms with van der Waals surface area (Å²) in [7, 11) is -3.85. The lowest BCUT2D eigenvalue weighted by molar-refractivity contribution is 0.0724. The maximum Gasteiger partial charge on any atom is 0.253 e. The number of carbonyl (C=O) groups excluding carboxylic acids is 1. The first-order chi connectivity index (χ1) is 12.4. The van der Waals surface area contributed by atoms with Crippen LogP contribution in [0, 0.1) is 11.6 Å². The van der Waals surface area contributed by atoms with Crippen molar-refractivity contribution >= 4 is 15.7 Å². The van der Waals surface area contributed by atoms with Crippen molar-refractivity contribution in [1.82, 2.24) is 4.90 Å². The summed E-state index contributed by atoms with van der Waals surface area (Å²) in [4.78, 5) is 14.0. The second-order valence-electron chi connectivity index (χ2n) is 6.39. The number of hydrogen-bond acceptors (Lipinski definition) is 3. The molecular weight excluding hydrogens is 360 g/mol. The predicted molar refractivity (Wildman–Crippen MR) is 93.4 cm³/mol. The Morgan fingerprint density at radius 1 is 0.962 bits per heavy atom. The first kappa shape index (κ1) is 18.5. The molecule has 0 N–H and O–H groups in total. The number of hydrogen-bond donors (Lipinski definition) is 0. The van der Waals surface area contributed by atoms with Crippen LogP contribution in [0.5, 0.6) is 0 Å². The highest BCUT2D eigenvalue weighted by Crippen LogP contribution is 2.20. The van der Waals surface area contributed by atoms with Gasteiger partial charge in [0, 0.05) is 18.7 Å². The van der Waals surface area contributed by atoms with E-state index in [9.17, 15) is 22.0 Å². The van der Waals surface area contributed by atoms with Gasteiger partial charge in [-0.3, -0.25) is 4.79 Å². The number of halogens is 2. The maximum atomic E-state index is 13.3. The number of likely N-dealkylation sites (tertiary alicyclic amines) is 1. The van der Waals surface area contributed by atoms with Gasteiger partial charge in [-0.05, 0) is 55.2 Å². The Kier molecular flexibility index (Phi) is 5.36. The highest BCUT2D eigenvalue weighted by molar-refractivity contribution is 7.90. The number of nitrogens with zero attached hydrogens (tertiary/aromatic N) is 1. The summed E-state index contributed by atoms with van der Waals surface area (Å²) in [5.41, 5.74) is 0.863. The van der Waals surface area contributed by atoms with Crippen LogP contribution in [0.2, 0.25) is 0 Å². The molecule has 1 fully saturated rings. The lowest BCUT2D eigenvalue weighted by Gasteiger charge is -2.26. The summed E-state index contributed by atoms with van der Waals surface area (Å²) in [6.07, 6.45) is 3.04. The number of rotatable bonds is 4. The fourth-order valence-electron chi connectivity index (χ4n) is 3.05. The first-order valence-electron chi connectivity index (χ1n) is 8.43. The van der Waals surface area contributed by atoms with Crippen LogP contribution in [0.4, 0.5) is 8.78 Å². The van der Waals surface area contributed by atoms with Gasteiger partial charge in [0.15, 0.2) is 21.5 Å². The van der Waals surface area contributed by atoms with E-state index in [1.165, 1.54) is 0 Å². The average Bonchev–Trinajstić information content (AvgIpc) is 2.64. The van der Waals surface area contributed by atoms with E-state index in [4.69, 9.17) is 0 Å². The molecule has 0 spiro atoms. The molecule has 3 rings (SSSR count). The van der Waals surface area contributed by atoms with Crippen molar-refractivity contribution in [2.24, 2.45) is 0 Å². The Balaban J connectivity index is 1.81. The second kappa shape index (κ2) is 7.53. The zero-order chi connectivity index (χ0) is 18.7. The van der Waals surface area contributed by atoms with Crippen molar-refractivity contribution in [1.29, 1.82) is 0 Å². The predicted octanol–water partition coefficient (Wildman–Crippen LogP) is 3.56. The van der Waals surface area contributed by atoms with Crippen LogP contribution in [0.1, 0.15) is 35.2 Å². The Morgan fingerprint density at radius 2 is 1.69 bits per heavy atom.